The summed E-state index contributed by atoms with van der Waals surface area (Å²) in [6, 6.07) is 6.54. The summed E-state index contributed by atoms with van der Waals surface area (Å²) in [5, 5.41) is 11.0. The number of aliphatic hydroxyl groups excluding tert-OH is 1. The predicted octanol–water partition coefficient (Wildman–Crippen LogP) is 3.96. The number of allylic oxidation sites excluding steroid dienone is 2. The maximum absolute atomic E-state index is 13.5. The molecule has 94 valence electrons. The van der Waals surface area contributed by atoms with Crippen molar-refractivity contribution in [3.63, 3.8) is 0 Å². The Kier molecular flexibility index (Phi) is 2.92. The van der Waals surface area contributed by atoms with Gasteiger partial charge in [-0.15, -0.1) is 0 Å². The molecule has 0 radical (unpaired) electrons. The van der Waals surface area contributed by atoms with Crippen LogP contribution in [0, 0.1) is 11.7 Å². The Hall–Kier alpha value is -1.61. The average Bonchev–Trinajstić information content (AvgIpc) is 2.84. The van der Waals surface area contributed by atoms with E-state index in [9.17, 15) is 9.50 Å². The fourth-order valence-electron chi connectivity index (χ4n) is 2.53. The zero-order valence-electron chi connectivity index (χ0n) is 9.97. The number of hydrogen-bond acceptors (Lipinski definition) is 2. The smallest absolute Gasteiger partial charge is 0.170 e. The van der Waals surface area contributed by atoms with E-state index < -0.39 is 6.10 Å². The van der Waals surface area contributed by atoms with Gasteiger partial charge in [0.15, 0.2) is 11.4 Å². The minimum atomic E-state index is -0.651. The van der Waals surface area contributed by atoms with Crippen molar-refractivity contribution < 1.29 is 13.9 Å². The molecule has 0 bridgehead atoms. The Morgan fingerprint density at radius 1 is 1.33 bits per heavy atom. The molecule has 1 aromatic carbocycles. The molecular weight excluding hydrogens is 231 g/mol. The van der Waals surface area contributed by atoms with Crippen LogP contribution in [0.3, 0.4) is 0 Å². The second-order valence-corrected chi connectivity index (χ2v) is 4.80. The number of aliphatic hydroxyl groups is 1. The highest BCUT2D eigenvalue weighted by Crippen LogP contribution is 2.34. The van der Waals surface area contributed by atoms with E-state index in [1.807, 2.05) is 0 Å². The van der Waals surface area contributed by atoms with Crippen molar-refractivity contribution in [2.24, 2.45) is 5.92 Å². The van der Waals surface area contributed by atoms with Crippen molar-refractivity contribution >= 4 is 11.0 Å². The van der Waals surface area contributed by atoms with Crippen LogP contribution in [0.5, 0.6) is 0 Å². The summed E-state index contributed by atoms with van der Waals surface area (Å²) in [5.41, 5.74) is 0.234. The van der Waals surface area contributed by atoms with Gasteiger partial charge in [-0.25, -0.2) is 4.39 Å². The third-order valence-corrected chi connectivity index (χ3v) is 3.56. The molecule has 1 aromatic heterocycles. The molecule has 0 saturated heterocycles. The molecule has 2 unspecified atom stereocenters. The topological polar surface area (TPSA) is 33.4 Å². The molecule has 2 aromatic rings. The average molecular weight is 246 g/mol. The fourth-order valence-corrected chi connectivity index (χ4v) is 2.53. The van der Waals surface area contributed by atoms with Crippen LogP contribution in [0.2, 0.25) is 0 Å². The lowest BCUT2D eigenvalue weighted by Gasteiger charge is -2.21. The second kappa shape index (κ2) is 4.58. The van der Waals surface area contributed by atoms with Gasteiger partial charge in [0.1, 0.15) is 11.9 Å². The van der Waals surface area contributed by atoms with Gasteiger partial charge in [0, 0.05) is 5.39 Å². The number of halogens is 1. The highest BCUT2D eigenvalue weighted by Gasteiger charge is 2.24. The summed E-state index contributed by atoms with van der Waals surface area (Å²) in [7, 11) is 0. The molecule has 18 heavy (non-hydrogen) atoms. The summed E-state index contributed by atoms with van der Waals surface area (Å²) in [4.78, 5) is 0. The molecular formula is C15H15FO2. The van der Waals surface area contributed by atoms with Crippen LogP contribution >= 0.6 is 0 Å². The number of benzene rings is 1. The second-order valence-electron chi connectivity index (χ2n) is 4.80. The Bertz CT molecular complexity index is 585. The first-order valence-electron chi connectivity index (χ1n) is 6.27. The van der Waals surface area contributed by atoms with E-state index in [4.69, 9.17) is 4.42 Å². The van der Waals surface area contributed by atoms with Gasteiger partial charge in [0.05, 0.1) is 0 Å². The van der Waals surface area contributed by atoms with Crippen molar-refractivity contribution in [1.82, 2.24) is 0 Å². The molecule has 0 amide bonds. The van der Waals surface area contributed by atoms with E-state index in [1.165, 1.54) is 6.07 Å². The largest absolute Gasteiger partial charge is 0.455 e. The number of hydrogen-bond donors (Lipinski definition) is 1. The summed E-state index contributed by atoms with van der Waals surface area (Å²) in [6.45, 7) is 0. The first-order valence-corrected chi connectivity index (χ1v) is 6.27. The maximum Gasteiger partial charge on any atom is 0.170 e. The highest BCUT2D eigenvalue weighted by molar-refractivity contribution is 5.78. The molecule has 0 spiro atoms. The predicted molar refractivity (Wildman–Crippen MR) is 67.6 cm³/mol. The highest BCUT2D eigenvalue weighted by atomic mass is 19.1. The standard InChI is InChI=1S/C15H15FO2/c16-12-8-4-7-11-9-13(18-15(11)12)14(17)10-5-2-1-3-6-10/h1-2,4,7-10,14,17H,3,5-6H2. The fraction of sp³-hybridized carbons (Fsp3) is 0.333. The van der Waals surface area contributed by atoms with E-state index in [1.54, 1.807) is 18.2 Å². The number of fused-ring (bicyclic) bond motifs is 1. The Labute approximate surface area is 105 Å². The van der Waals surface area contributed by atoms with Crippen LogP contribution in [0.4, 0.5) is 4.39 Å². The first-order chi connectivity index (χ1) is 8.75. The summed E-state index contributed by atoms with van der Waals surface area (Å²) < 4.78 is 19.0. The van der Waals surface area contributed by atoms with Gasteiger partial charge in [-0.1, -0.05) is 24.3 Å². The molecule has 1 heterocycles. The molecule has 3 heteroatoms. The Balaban J connectivity index is 1.94. The molecule has 0 saturated carbocycles. The van der Waals surface area contributed by atoms with Gasteiger partial charge >= 0.3 is 0 Å². The van der Waals surface area contributed by atoms with Crippen LogP contribution < -0.4 is 0 Å². The summed E-state index contributed by atoms with van der Waals surface area (Å²) in [6.07, 6.45) is 6.33. The van der Waals surface area contributed by atoms with E-state index in [-0.39, 0.29) is 17.3 Å². The van der Waals surface area contributed by atoms with E-state index in [0.29, 0.717) is 11.1 Å². The molecule has 0 aliphatic heterocycles. The van der Waals surface area contributed by atoms with Crippen molar-refractivity contribution in [3.05, 3.63) is 48.0 Å². The van der Waals surface area contributed by atoms with Gasteiger partial charge in [0.2, 0.25) is 0 Å². The lowest BCUT2D eigenvalue weighted by molar-refractivity contribution is 0.0822. The lowest BCUT2D eigenvalue weighted by Crippen LogP contribution is -2.13. The molecule has 3 rings (SSSR count). The van der Waals surface area contributed by atoms with Crippen LogP contribution in [0.1, 0.15) is 31.1 Å². The third-order valence-electron chi connectivity index (χ3n) is 3.56. The zero-order valence-corrected chi connectivity index (χ0v) is 9.97. The van der Waals surface area contributed by atoms with Gasteiger partial charge in [0.25, 0.3) is 0 Å². The van der Waals surface area contributed by atoms with E-state index >= 15 is 0 Å². The van der Waals surface area contributed by atoms with Crippen LogP contribution in [0.25, 0.3) is 11.0 Å². The zero-order chi connectivity index (χ0) is 12.5. The number of rotatable bonds is 2. The quantitative estimate of drug-likeness (QED) is 0.813. The van der Waals surface area contributed by atoms with Crippen LogP contribution in [-0.4, -0.2) is 5.11 Å². The van der Waals surface area contributed by atoms with E-state index in [2.05, 4.69) is 12.2 Å². The number of para-hydroxylation sites is 1. The first kappa shape index (κ1) is 11.5. The van der Waals surface area contributed by atoms with Crippen molar-refractivity contribution in [2.45, 2.75) is 25.4 Å². The van der Waals surface area contributed by atoms with Crippen molar-refractivity contribution in [1.29, 1.82) is 0 Å². The number of furan rings is 1. The molecule has 0 fully saturated rings. The van der Waals surface area contributed by atoms with Crippen LogP contribution in [-0.2, 0) is 0 Å². The Morgan fingerprint density at radius 3 is 2.94 bits per heavy atom. The molecule has 1 aliphatic rings. The van der Waals surface area contributed by atoms with Gasteiger partial charge in [-0.2, -0.15) is 0 Å². The summed E-state index contributed by atoms with van der Waals surface area (Å²) >= 11 is 0. The van der Waals surface area contributed by atoms with E-state index in [0.717, 1.165) is 19.3 Å². The molecule has 1 N–H and O–H groups in total. The SMILES string of the molecule is OC(c1cc2cccc(F)c2o1)C1CC=CCC1. The minimum Gasteiger partial charge on any atom is -0.455 e. The maximum atomic E-state index is 13.5. The van der Waals surface area contributed by atoms with Crippen molar-refractivity contribution in [3.8, 4) is 0 Å². The van der Waals surface area contributed by atoms with Gasteiger partial charge in [-0.05, 0) is 37.3 Å². The van der Waals surface area contributed by atoms with Crippen LogP contribution in [0.15, 0.2) is 40.8 Å². The lowest BCUT2D eigenvalue weighted by atomic mass is 9.88. The van der Waals surface area contributed by atoms with Crippen molar-refractivity contribution in [2.75, 3.05) is 0 Å². The Morgan fingerprint density at radius 2 is 2.22 bits per heavy atom. The summed E-state index contributed by atoms with van der Waals surface area (Å²) in [5.74, 6) is 0.253. The van der Waals surface area contributed by atoms with Gasteiger partial charge < -0.3 is 9.52 Å². The molecule has 2 atom stereocenters. The third kappa shape index (κ3) is 1.95. The monoisotopic (exact) mass is 246 g/mol. The molecule has 1 aliphatic carbocycles. The molecule has 2 nitrogen and oxygen atoms in total. The normalized spacial score (nSPS) is 21.3. The minimum absolute atomic E-state index is 0.165. The van der Waals surface area contributed by atoms with Gasteiger partial charge in [-0.3, -0.25) is 0 Å².